The molecule has 3 nitrogen and oxygen atoms in total. The molecule has 0 aliphatic rings. The molecule has 3 heteroatoms. The molecule has 10 rings (SSSR count). The van der Waals surface area contributed by atoms with Crippen molar-refractivity contribution >= 4 is 39.8 Å². The second kappa shape index (κ2) is 17.9. The van der Waals surface area contributed by atoms with Gasteiger partial charge in [0.05, 0.1) is 0 Å². The Morgan fingerprint density at radius 2 is 0.406 bits per heavy atom. The number of hydrogen-bond donors (Lipinski definition) is 1. The highest BCUT2D eigenvalue weighted by molar-refractivity contribution is 5.83. The molecule has 0 aliphatic carbocycles. The maximum absolute atomic E-state index is 5.99. The van der Waals surface area contributed by atoms with Gasteiger partial charge >= 0.3 is 0 Å². The monoisotopic (exact) mass is 821 g/mol. The first-order valence-electron chi connectivity index (χ1n) is 21.8. The molecule has 10 aromatic carbocycles. The van der Waals surface area contributed by atoms with Crippen molar-refractivity contribution in [2.75, 3.05) is 15.5 Å². The fraction of sp³-hybridized carbons (Fsp3) is 0.0164. The topological polar surface area (TPSA) is 32.5 Å². The Hall–Kier alpha value is -8.40. The smallest absolute Gasteiger partial charge is 0.0462 e. The molecule has 0 saturated heterocycles. The average molecular weight is 822 g/mol. The fourth-order valence-electron chi connectivity index (χ4n) is 8.39. The Morgan fingerprint density at radius 3 is 0.641 bits per heavy atom. The van der Waals surface area contributed by atoms with Gasteiger partial charge in [0.25, 0.3) is 0 Å². The second-order valence-electron chi connectivity index (χ2n) is 16.2. The lowest BCUT2D eigenvalue weighted by Crippen LogP contribution is -2.10. The van der Waals surface area contributed by atoms with Crippen LogP contribution in [0.5, 0.6) is 0 Å². The first kappa shape index (κ1) is 39.7. The van der Waals surface area contributed by atoms with Crippen LogP contribution in [0.1, 0.15) is 5.56 Å². The molecule has 0 heterocycles. The summed E-state index contributed by atoms with van der Waals surface area (Å²) in [6.45, 7) is 2.12. The zero-order valence-corrected chi connectivity index (χ0v) is 35.7. The lowest BCUT2D eigenvalue weighted by molar-refractivity contribution is 1.28. The Kier molecular flexibility index (Phi) is 11.1. The van der Waals surface area contributed by atoms with E-state index >= 15 is 0 Å². The molecule has 0 aromatic heterocycles. The summed E-state index contributed by atoms with van der Waals surface area (Å²) in [5, 5.41) is 0. The molecule has 0 bridgehead atoms. The van der Waals surface area contributed by atoms with Crippen molar-refractivity contribution < 1.29 is 0 Å². The van der Waals surface area contributed by atoms with Crippen molar-refractivity contribution in [3.8, 4) is 55.6 Å². The lowest BCUT2D eigenvalue weighted by atomic mass is 10.0. The van der Waals surface area contributed by atoms with Gasteiger partial charge in [-0.1, -0.05) is 175 Å². The van der Waals surface area contributed by atoms with E-state index in [2.05, 4.69) is 259 Å². The third-order valence-electron chi connectivity index (χ3n) is 11.9. The zero-order chi connectivity index (χ0) is 43.2. The van der Waals surface area contributed by atoms with Crippen LogP contribution in [0.15, 0.2) is 255 Å². The number of nitrogen functional groups attached to an aromatic ring is 1. The summed E-state index contributed by atoms with van der Waals surface area (Å²) in [4.78, 5) is 4.65. The highest BCUT2D eigenvalue weighted by atomic mass is 15.1. The number of anilines is 7. The van der Waals surface area contributed by atoms with E-state index in [4.69, 9.17) is 5.73 Å². The van der Waals surface area contributed by atoms with Gasteiger partial charge in [0.15, 0.2) is 0 Å². The van der Waals surface area contributed by atoms with E-state index < -0.39 is 0 Å². The minimum atomic E-state index is 0.761. The fourth-order valence-corrected chi connectivity index (χ4v) is 8.39. The van der Waals surface area contributed by atoms with Gasteiger partial charge in [-0.2, -0.15) is 0 Å². The number of hydrogen-bond acceptors (Lipinski definition) is 3. The van der Waals surface area contributed by atoms with Crippen molar-refractivity contribution in [2.24, 2.45) is 0 Å². The minimum absolute atomic E-state index is 0.761. The van der Waals surface area contributed by atoms with Gasteiger partial charge in [-0.05, 0) is 147 Å². The number of nitrogens with zero attached hydrogens (tertiary/aromatic N) is 2. The Balaban J connectivity index is 0.959. The molecule has 0 radical (unpaired) electrons. The third kappa shape index (κ3) is 8.56. The van der Waals surface area contributed by atoms with Crippen LogP contribution in [0.3, 0.4) is 0 Å². The van der Waals surface area contributed by atoms with Crippen molar-refractivity contribution in [3.05, 3.63) is 260 Å². The summed E-state index contributed by atoms with van der Waals surface area (Å²) >= 11 is 0. The van der Waals surface area contributed by atoms with Gasteiger partial charge in [-0.15, -0.1) is 0 Å². The van der Waals surface area contributed by atoms with Gasteiger partial charge in [0, 0.05) is 39.8 Å². The highest BCUT2D eigenvalue weighted by Crippen LogP contribution is 2.40. The summed E-state index contributed by atoms with van der Waals surface area (Å²) in [5.74, 6) is 0. The van der Waals surface area contributed by atoms with Crippen LogP contribution in [-0.2, 0) is 0 Å². The van der Waals surface area contributed by atoms with Crippen molar-refractivity contribution in [1.82, 2.24) is 0 Å². The molecule has 0 amide bonds. The van der Waals surface area contributed by atoms with Gasteiger partial charge in [-0.25, -0.2) is 0 Å². The van der Waals surface area contributed by atoms with E-state index in [0.717, 1.165) is 62.1 Å². The van der Waals surface area contributed by atoms with E-state index in [1.165, 1.54) is 38.9 Å². The Morgan fingerprint density at radius 1 is 0.219 bits per heavy atom. The number of rotatable bonds is 11. The normalized spacial score (nSPS) is 11.0. The van der Waals surface area contributed by atoms with Gasteiger partial charge in [0.2, 0.25) is 0 Å². The van der Waals surface area contributed by atoms with Gasteiger partial charge < -0.3 is 15.5 Å². The van der Waals surface area contributed by atoms with Gasteiger partial charge in [0.1, 0.15) is 0 Å². The van der Waals surface area contributed by atoms with Crippen molar-refractivity contribution in [1.29, 1.82) is 0 Å². The molecule has 0 spiro atoms. The third-order valence-corrected chi connectivity index (χ3v) is 11.9. The Labute approximate surface area is 376 Å². The number of benzene rings is 10. The number of nitrogens with two attached hydrogens (primary N) is 1. The molecule has 2 N–H and O–H groups in total. The highest BCUT2D eigenvalue weighted by Gasteiger charge is 2.16. The number of aryl methyl sites for hydroxylation is 1. The summed E-state index contributed by atoms with van der Waals surface area (Å²) in [7, 11) is 0. The van der Waals surface area contributed by atoms with Crippen LogP contribution in [0.25, 0.3) is 55.6 Å². The zero-order valence-electron chi connectivity index (χ0n) is 35.7. The van der Waals surface area contributed by atoms with E-state index in [-0.39, 0.29) is 0 Å². The SMILES string of the molecule is Cc1ccc(-c2ccc(N(c3ccc(-c4ccc(N)cc4)cc3)c3ccc(-c4ccc(N(c5ccc(-c6ccccc6)cc5)c5ccc(-c6ccccc6)cc5)cc4)cc3)cc2)cc1. The summed E-state index contributed by atoms with van der Waals surface area (Å²) in [6, 6.07) is 90.9. The molecule has 0 aliphatic heterocycles. The predicted molar refractivity (Wildman–Crippen MR) is 272 cm³/mol. The molecular weight excluding hydrogens is 775 g/mol. The van der Waals surface area contributed by atoms with Crippen LogP contribution in [0.2, 0.25) is 0 Å². The molecule has 64 heavy (non-hydrogen) atoms. The first-order valence-corrected chi connectivity index (χ1v) is 21.8. The molecule has 0 fully saturated rings. The summed E-state index contributed by atoms with van der Waals surface area (Å²) in [5.41, 5.74) is 26.3. The minimum Gasteiger partial charge on any atom is -0.399 e. The van der Waals surface area contributed by atoms with Crippen LogP contribution in [0, 0.1) is 6.92 Å². The lowest BCUT2D eigenvalue weighted by Gasteiger charge is -2.27. The molecule has 0 atom stereocenters. The maximum atomic E-state index is 5.99. The van der Waals surface area contributed by atoms with E-state index in [9.17, 15) is 0 Å². The first-order chi connectivity index (χ1) is 31.5. The quantitative estimate of drug-likeness (QED) is 0.132. The van der Waals surface area contributed by atoms with E-state index in [0.29, 0.717) is 0 Å². The van der Waals surface area contributed by atoms with Crippen LogP contribution < -0.4 is 15.5 Å². The maximum Gasteiger partial charge on any atom is 0.0462 e. The van der Waals surface area contributed by atoms with Crippen molar-refractivity contribution in [3.63, 3.8) is 0 Å². The molecule has 10 aromatic rings. The van der Waals surface area contributed by atoms with Crippen molar-refractivity contribution in [2.45, 2.75) is 6.92 Å². The van der Waals surface area contributed by atoms with Crippen LogP contribution in [-0.4, -0.2) is 0 Å². The molecule has 0 unspecified atom stereocenters. The van der Waals surface area contributed by atoms with E-state index in [1.54, 1.807) is 0 Å². The molecule has 0 saturated carbocycles. The van der Waals surface area contributed by atoms with Gasteiger partial charge in [-0.3, -0.25) is 0 Å². The van der Waals surface area contributed by atoms with E-state index in [1.807, 2.05) is 12.1 Å². The molecule has 306 valence electrons. The summed E-state index contributed by atoms with van der Waals surface area (Å²) < 4.78 is 0. The molecular formula is C61H47N3. The standard InChI is InChI=1S/C61H47N3/c1-44-12-14-47(15-13-44)51-22-36-58(37-23-51)64(59-38-24-52(25-39-59)48-16-30-55(62)31-17-48)61-42-28-54(29-43-61)53-26-40-60(41-27-53)63(56-32-18-49(19-33-56)45-8-4-2-5-9-45)57-34-20-50(21-35-57)46-10-6-3-7-11-46/h2-43H,62H2,1H3. The second-order valence-corrected chi connectivity index (χ2v) is 16.2. The Bertz CT molecular complexity index is 2900. The average Bonchev–Trinajstić information content (AvgIpc) is 3.37. The van der Waals surface area contributed by atoms with Crippen LogP contribution in [0.4, 0.5) is 39.8 Å². The van der Waals surface area contributed by atoms with Crippen LogP contribution >= 0.6 is 0 Å². The largest absolute Gasteiger partial charge is 0.399 e. The summed E-state index contributed by atoms with van der Waals surface area (Å²) in [6.07, 6.45) is 0. The predicted octanol–water partition coefficient (Wildman–Crippen LogP) is 16.9.